The lowest BCUT2D eigenvalue weighted by molar-refractivity contribution is 0.0519. The van der Waals surface area contributed by atoms with Crippen molar-refractivity contribution in [1.82, 2.24) is 9.99 Å². The first kappa shape index (κ1) is 10.5. The fourth-order valence-electron chi connectivity index (χ4n) is 0.815. The number of aromatic nitrogens is 1. The maximum Gasteiger partial charge on any atom is 0.360 e. The summed E-state index contributed by atoms with van der Waals surface area (Å²) >= 11 is 0. The number of rotatable bonds is 4. The predicted molar refractivity (Wildman–Crippen MR) is 49.8 cm³/mol. The molecule has 0 spiro atoms. The molecule has 78 valence electrons. The number of oxazole rings is 1. The molecule has 1 heterocycles. The topological polar surface area (TPSA) is 67.6 Å². The van der Waals surface area contributed by atoms with Crippen molar-refractivity contribution in [2.24, 2.45) is 0 Å². The van der Waals surface area contributed by atoms with Crippen molar-refractivity contribution in [3.05, 3.63) is 12.0 Å². The minimum absolute atomic E-state index is 0.163. The van der Waals surface area contributed by atoms with Crippen molar-refractivity contribution >= 4 is 12.0 Å². The number of anilines is 1. The van der Waals surface area contributed by atoms with Crippen LogP contribution < -0.4 is 5.43 Å². The van der Waals surface area contributed by atoms with Gasteiger partial charge in [0.15, 0.2) is 5.69 Å². The summed E-state index contributed by atoms with van der Waals surface area (Å²) in [5, 5.41) is 1.65. The third-order valence-electron chi connectivity index (χ3n) is 1.31. The molecule has 1 rings (SSSR count). The van der Waals surface area contributed by atoms with E-state index in [1.54, 1.807) is 26.0 Å². The third kappa shape index (κ3) is 2.74. The lowest BCUT2D eigenvalue weighted by Crippen LogP contribution is -2.19. The normalized spacial score (nSPS) is 10.3. The molecule has 0 aliphatic heterocycles. The number of esters is 1. The van der Waals surface area contributed by atoms with Crippen molar-refractivity contribution in [3.63, 3.8) is 0 Å². The van der Waals surface area contributed by atoms with E-state index in [9.17, 15) is 4.79 Å². The summed E-state index contributed by atoms with van der Waals surface area (Å²) in [5.41, 5.74) is 2.93. The molecule has 0 saturated heterocycles. The molecule has 0 bridgehead atoms. The molecule has 0 aromatic carbocycles. The molecule has 0 atom stereocenters. The van der Waals surface area contributed by atoms with Crippen LogP contribution in [0.4, 0.5) is 6.01 Å². The molecule has 6 heteroatoms. The average molecular weight is 199 g/mol. The highest BCUT2D eigenvalue weighted by molar-refractivity contribution is 5.87. The molecule has 0 aliphatic rings. The van der Waals surface area contributed by atoms with Crippen molar-refractivity contribution in [3.8, 4) is 0 Å². The minimum Gasteiger partial charge on any atom is -0.461 e. The van der Waals surface area contributed by atoms with Crippen LogP contribution in [0.2, 0.25) is 0 Å². The van der Waals surface area contributed by atoms with E-state index in [0.29, 0.717) is 6.61 Å². The van der Waals surface area contributed by atoms with Crippen LogP contribution in [0.3, 0.4) is 0 Å². The maximum absolute atomic E-state index is 11.2. The Hall–Kier alpha value is -1.56. The van der Waals surface area contributed by atoms with Gasteiger partial charge in [-0.3, -0.25) is 5.43 Å². The summed E-state index contributed by atoms with van der Waals surface area (Å²) in [6.07, 6.45) is 1.25. The number of hydrazine groups is 1. The largest absolute Gasteiger partial charge is 0.461 e. The minimum atomic E-state index is -0.483. The van der Waals surface area contributed by atoms with Crippen LogP contribution in [0.25, 0.3) is 0 Å². The second kappa shape index (κ2) is 4.61. The lowest BCUT2D eigenvalue weighted by Gasteiger charge is -2.07. The number of carbonyl (C=O) groups excluding carboxylic acids is 1. The molecule has 0 unspecified atom stereocenters. The highest BCUT2D eigenvalue weighted by Crippen LogP contribution is 2.08. The summed E-state index contributed by atoms with van der Waals surface area (Å²) < 4.78 is 9.72. The number of hydrogen-bond acceptors (Lipinski definition) is 6. The quantitative estimate of drug-likeness (QED) is 0.569. The molecule has 0 fully saturated rings. The maximum atomic E-state index is 11.2. The molecule has 0 saturated carbocycles. The van der Waals surface area contributed by atoms with Crippen molar-refractivity contribution in [2.45, 2.75) is 6.92 Å². The Kier molecular flexibility index (Phi) is 3.47. The van der Waals surface area contributed by atoms with Gasteiger partial charge in [-0.05, 0) is 6.92 Å². The smallest absolute Gasteiger partial charge is 0.360 e. The molecule has 1 aromatic heterocycles. The molecular weight excluding hydrogens is 186 g/mol. The summed E-state index contributed by atoms with van der Waals surface area (Å²) in [6.45, 7) is 2.05. The second-order valence-corrected chi connectivity index (χ2v) is 2.76. The number of carbonyl (C=O) groups is 1. The standard InChI is InChI=1S/C8H13N3O3/c1-4-13-7(12)6-5-14-8(9-6)10-11(2)3/h5H,4H2,1-3H3,(H,9,10). The van der Waals surface area contributed by atoms with Crippen LogP contribution in [0, 0.1) is 0 Å². The highest BCUT2D eigenvalue weighted by Gasteiger charge is 2.12. The molecule has 14 heavy (non-hydrogen) atoms. The Morgan fingerprint density at radius 3 is 3.00 bits per heavy atom. The molecular formula is C8H13N3O3. The van der Waals surface area contributed by atoms with Crippen LogP contribution in [-0.2, 0) is 4.74 Å². The Bertz CT molecular complexity index is 309. The Morgan fingerprint density at radius 1 is 1.71 bits per heavy atom. The average Bonchev–Trinajstić information content (AvgIpc) is 2.52. The van der Waals surface area contributed by atoms with Gasteiger partial charge < -0.3 is 9.15 Å². The monoisotopic (exact) mass is 199 g/mol. The molecule has 0 aliphatic carbocycles. The Labute approximate surface area is 81.8 Å². The van der Waals surface area contributed by atoms with E-state index in [1.807, 2.05) is 0 Å². The molecule has 0 amide bonds. The van der Waals surface area contributed by atoms with E-state index >= 15 is 0 Å². The number of nitrogens with zero attached hydrogens (tertiary/aromatic N) is 2. The SMILES string of the molecule is CCOC(=O)c1coc(NN(C)C)n1. The van der Waals surface area contributed by atoms with E-state index in [0.717, 1.165) is 0 Å². The van der Waals surface area contributed by atoms with Crippen LogP contribution in [0.1, 0.15) is 17.4 Å². The van der Waals surface area contributed by atoms with E-state index < -0.39 is 5.97 Å². The predicted octanol–water partition coefficient (Wildman–Crippen LogP) is 0.740. The van der Waals surface area contributed by atoms with Crippen molar-refractivity contribution < 1.29 is 13.9 Å². The van der Waals surface area contributed by atoms with Gasteiger partial charge in [-0.15, -0.1) is 0 Å². The van der Waals surface area contributed by atoms with Gasteiger partial charge in [-0.1, -0.05) is 0 Å². The summed E-state index contributed by atoms with van der Waals surface area (Å²) in [6, 6.07) is 0.262. The van der Waals surface area contributed by atoms with Gasteiger partial charge >= 0.3 is 12.0 Å². The van der Waals surface area contributed by atoms with Gasteiger partial charge in [0.1, 0.15) is 6.26 Å². The molecule has 6 nitrogen and oxygen atoms in total. The van der Waals surface area contributed by atoms with Crippen molar-refractivity contribution in [2.75, 3.05) is 26.1 Å². The first-order valence-electron chi connectivity index (χ1n) is 4.20. The van der Waals surface area contributed by atoms with Gasteiger partial charge in [0, 0.05) is 14.1 Å². The molecule has 1 aromatic rings. The van der Waals surface area contributed by atoms with Crippen LogP contribution >= 0.6 is 0 Å². The van der Waals surface area contributed by atoms with E-state index in [4.69, 9.17) is 9.15 Å². The van der Waals surface area contributed by atoms with E-state index in [-0.39, 0.29) is 11.7 Å². The summed E-state index contributed by atoms with van der Waals surface area (Å²) in [7, 11) is 3.57. The first-order chi connectivity index (χ1) is 6.63. The highest BCUT2D eigenvalue weighted by atomic mass is 16.5. The van der Waals surface area contributed by atoms with Gasteiger partial charge in [0.2, 0.25) is 0 Å². The van der Waals surface area contributed by atoms with Crippen LogP contribution in [0.15, 0.2) is 10.7 Å². The van der Waals surface area contributed by atoms with E-state index in [2.05, 4.69) is 10.4 Å². The first-order valence-corrected chi connectivity index (χ1v) is 4.20. The lowest BCUT2D eigenvalue weighted by atomic mass is 10.5. The summed E-state index contributed by atoms with van der Waals surface area (Å²) in [4.78, 5) is 15.0. The van der Waals surface area contributed by atoms with Gasteiger partial charge in [-0.2, -0.15) is 4.98 Å². The third-order valence-corrected chi connectivity index (χ3v) is 1.31. The van der Waals surface area contributed by atoms with E-state index in [1.165, 1.54) is 6.26 Å². The fourth-order valence-corrected chi connectivity index (χ4v) is 0.815. The zero-order valence-corrected chi connectivity index (χ0v) is 8.40. The zero-order valence-electron chi connectivity index (χ0n) is 8.40. The van der Waals surface area contributed by atoms with Gasteiger partial charge in [0.25, 0.3) is 0 Å². The fraction of sp³-hybridized carbons (Fsp3) is 0.500. The van der Waals surface area contributed by atoms with Crippen LogP contribution in [0.5, 0.6) is 0 Å². The Balaban J connectivity index is 2.63. The number of nitrogens with one attached hydrogen (secondary N) is 1. The molecule has 1 N–H and O–H groups in total. The van der Waals surface area contributed by atoms with Crippen molar-refractivity contribution in [1.29, 1.82) is 0 Å². The number of ether oxygens (including phenoxy) is 1. The number of hydrogen-bond donors (Lipinski definition) is 1. The Morgan fingerprint density at radius 2 is 2.43 bits per heavy atom. The molecule has 0 radical (unpaired) electrons. The van der Waals surface area contributed by atoms with Gasteiger partial charge in [-0.25, -0.2) is 9.80 Å². The second-order valence-electron chi connectivity index (χ2n) is 2.76. The summed E-state index contributed by atoms with van der Waals surface area (Å²) in [5.74, 6) is -0.483. The van der Waals surface area contributed by atoms with Gasteiger partial charge in [0.05, 0.1) is 6.61 Å². The van der Waals surface area contributed by atoms with Crippen LogP contribution in [-0.4, -0.2) is 36.7 Å². The zero-order chi connectivity index (χ0) is 10.6.